The molecule has 0 aliphatic rings. The molecule has 0 radical (unpaired) electrons. The Labute approximate surface area is 243 Å². The summed E-state index contributed by atoms with van der Waals surface area (Å²) in [6, 6.07) is 16.4. The van der Waals surface area contributed by atoms with Gasteiger partial charge < -0.3 is 10.2 Å². The van der Waals surface area contributed by atoms with Gasteiger partial charge in [-0.3, -0.25) is 13.9 Å². The third kappa shape index (κ3) is 8.46. The van der Waals surface area contributed by atoms with Crippen molar-refractivity contribution in [3.63, 3.8) is 0 Å². The summed E-state index contributed by atoms with van der Waals surface area (Å²) in [4.78, 5) is 27.8. The number of carbonyl (C=O) groups excluding carboxylic acids is 2. The molecule has 1 N–H and O–H groups in total. The summed E-state index contributed by atoms with van der Waals surface area (Å²) in [5, 5.41) is 3.23. The van der Waals surface area contributed by atoms with Crippen LogP contribution in [-0.2, 0) is 32.3 Å². The predicted molar refractivity (Wildman–Crippen MR) is 152 cm³/mol. The van der Waals surface area contributed by atoms with Gasteiger partial charge in [0.1, 0.15) is 12.6 Å². The van der Waals surface area contributed by atoms with Gasteiger partial charge in [0, 0.05) is 18.1 Å². The van der Waals surface area contributed by atoms with Crippen LogP contribution in [-0.4, -0.2) is 44.3 Å². The first-order valence-corrected chi connectivity index (χ1v) is 14.7. The molecule has 2 amide bonds. The maximum atomic E-state index is 13.8. The van der Waals surface area contributed by atoms with E-state index < -0.39 is 46.2 Å². The first-order chi connectivity index (χ1) is 19.3. The van der Waals surface area contributed by atoms with Crippen LogP contribution in [0.3, 0.4) is 0 Å². The zero-order valence-corrected chi connectivity index (χ0v) is 24.1. The Morgan fingerprint density at radius 2 is 1.63 bits per heavy atom. The van der Waals surface area contributed by atoms with E-state index in [9.17, 15) is 31.2 Å². The molecule has 0 bridgehead atoms. The van der Waals surface area contributed by atoms with Crippen LogP contribution in [0, 0.1) is 0 Å². The van der Waals surface area contributed by atoms with Crippen LogP contribution in [0.15, 0.2) is 83.8 Å². The number of nitrogens with zero attached hydrogens (tertiary/aromatic N) is 2. The van der Waals surface area contributed by atoms with Gasteiger partial charge in [-0.05, 0) is 61.4 Å². The number of benzene rings is 3. The summed E-state index contributed by atoms with van der Waals surface area (Å²) in [6.07, 6.45) is -3.18. The summed E-state index contributed by atoms with van der Waals surface area (Å²) >= 11 is 5.99. The number of sulfonamides is 1. The van der Waals surface area contributed by atoms with Gasteiger partial charge in [-0.25, -0.2) is 8.42 Å². The topological polar surface area (TPSA) is 86.8 Å². The van der Waals surface area contributed by atoms with Crippen molar-refractivity contribution in [1.29, 1.82) is 0 Å². The Balaban J connectivity index is 2.04. The lowest BCUT2D eigenvalue weighted by Gasteiger charge is -2.32. The van der Waals surface area contributed by atoms with E-state index in [4.69, 9.17) is 11.6 Å². The smallest absolute Gasteiger partial charge is 0.354 e. The Morgan fingerprint density at radius 3 is 2.24 bits per heavy atom. The SMILES string of the molecule is CCCCNC(=O)[C@@H](C)N(Cc1ccc(Cl)cc1)C(=O)CN(c1cccc(C(F)(F)F)c1)S(=O)(=O)c1ccccc1. The molecule has 0 aliphatic carbocycles. The molecule has 0 heterocycles. The molecule has 3 rings (SSSR count). The van der Waals surface area contributed by atoms with Gasteiger partial charge >= 0.3 is 6.18 Å². The number of hydrogen-bond acceptors (Lipinski definition) is 4. The highest BCUT2D eigenvalue weighted by atomic mass is 35.5. The summed E-state index contributed by atoms with van der Waals surface area (Å²) < 4.78 is 68.7. The minimum atomic E-state index is -4.74. The van der Waals surface area contributed by atoms with E-state index in [1.165, 1.54) is 42.2 Å². The molecule has 220 valence electrons. The Bertz CT molecular complexity index is 1440. The van der Waals surface area contributed by atoms with Crippen LogP contribution in [0.25, 0.3) is 0 Å². The monoisotopic (exact) mass is 609 g/mol. The van der Waals surface area contributed by atoms with Crippen LogP contribution in [0.2, 0.25) is 5.02 Å². The number of hydrogen-bond donors (Lipinski definition) is 1. The zero-order chi connectivity index (χ0) is 30.2. The number of carbonyl (C=O) groups is 2. The third-order valence-corrected chi connectivity index (χ3v) is 8.37. The fourth-order valence-corrected chi connectivity index (χ4v) is 5.54. The van der Waals surface area contributed by atoms with Crippen molar-refractivity contribution in [3.05, 3.63) is 95.0 Å². The first kappa shape index (κ1) is 32.0. The molecule has 3 aromatic carbocycles. The molecule has 0 aliphatic heterocycles. The van der Waals surface area contributed by atoms with Crippen molar-refractivity contribution < 1.29 is 31.2 Å². The zero-order valence-electron chi connectivity index (χ0n) is 22.6. The van der Waals surface area contributed by atoms with Crippen molar-refractivity contribution in [3.8, 4) is 0 Å². The lowest BCUT2D eigenvalue weighted by molar-refractivity contribution is -0.139. The van der Waals surface area contributed by atoms with Crippen LogP contribution in [0.4, 0.5) is 18.9 Å². The van der Waals surface area contributed by atoms with Crippen molar-refractivity contribution in [1.82, 2.24) is 10.2 Å². The second-order valence-corrected chi connectivity index (χ2v) is 11.6. The Kier molecular flexibility index (Phi) is 10.8. The third-order valence-electron chi connectivity index (χ3n) is 6.33. The van der Waals surface area contributed by atoms with Gasteiger partial charge in [0.2, 0.25) is 11.8 Å². The summed E-state index contributed by atoms with van der Waals surface area (Å²) in [5.74, 6) is -1.23. The number of nitrogens with one attached hydrogen (secondary N) is 1. The second kappa shape index (κ2) is 13.9. The maximum absolute atomic E-state index is 13.8. The molecule has 0 unspecified atom stereocenters. The van der Waals surface area contributed by atoms with Crippen molar-refractivity contribution in [2.75, 3.05) is 17.4 Å². The van der Waals surface area contributed by atoms with Gasteiger partial charge in [-0.2, -0.15) is 13.2 Å². The Morgan fingerprint density at radius 1 is 0.976 bits per heavy atom. The number of halogens is 4. The van der Waals surface area contributed by atoms with E-state index in [2.05, 4.69) is 5.32 Å². The molecule has 0 spiro atoms. The highest BCUT2D eigenvalue weighted by molar-refractivity contribution is 7.92. The molecular formula is C29H31ClF3N3O4S. The quantitative estimate of drug-likeness (QED) is 0.260. The largest absolute Gasteiger partial charge is 0.416 e. The fraction of sp³-hybridized carbons (Fsp3) is 0.310. The maximum Gasteiger partial charge on any atom is 0.416 e. The van der Waals surface area contributed by atoms with Crippen LogP contribution in [0.5, 0.6) is 0 Å². The molecule has 0 fully saturated rings. The van der Waals surface area contributed by atoms with Gasteiger partial charge in [-0.15, -0.1) is 0 Å². The molecule has 41 heavy (non-hydrogen) atoms. The summed E-state index contributed by atoms with van der Waals surface area (Å²) in [6.45, 7) is 2.94. The van der Waals surface area contributed by atoms with E-state index in [0.717, 1.165) is 25.0 Å². The highest BCUT2D eigenvalue weighted by Gasteiger charge is 2.35. The number of rotatable bonds is 12. The van der Waals surface area contributed by atoms with Crippen LogP contribution >= 0.6 is 11.6 Å². The summed E-state index contributed by atoms with van der Waals surface area (Å²) in [7, 11) is -4.49. The van der Waals surface area contributed by atoms with E-state index in [-0.39, 0.29) is 17.1 Å². The van der Waals surface area contributed by atoms with Crippen LogP contribution in [0.1, 0.15) is 37.8 Å². The van der Waals surface area contributed by atoms with E-state index in [0.29, 0.717) is 27.5 Å². The molecule has 7 nitrogen and oxygen atoms in total. The first-order valence-electron chi connectivity index (χ1n) is 12.9. The molecular weight excluding hydrogens is 579 g/mol. The van der Waals surface area contributed by atoms with Crippen molar-refractivity contribution in [2.24, 2.45) is 0 Å². The number of amides is 2. The molecule has 1 atom stereocenters. The minimum Gasteiger partial charge on any atom is -0.354 e. The van der Waals surface area contributed by atoms with Gasteiger partial charge in [0.25, 0.3) is 10.0 Å². The van der Waals surface area contributed by atoms with Gasteiger partial charge in [0.15, 0.2) is 0 Å². The van der Waals surface area contributed by atoms with Crippen LogP contribution < -0.4 is 9.62 Å². The number of alkyl halides is 3. The average Bonchev–Trinajstić information content (AvgIpc) is 2.95. The molecule has 0 saturated carbocycles. The molecule has 0 aromatic heterocycles. The van der Waals surface area contributed by atoms with Crippen molar-refractivity contribution in [2.45, 2.75) is 50.3 Å². The predicted octanol–water partition coefficient (Wildman–Crippen LogP) is 5.89. The van der Waals surface area contributed by atoms with Gasteiger partial charge in [-0.1, -0.05) is 61.3 Å². The standard InChI is InChI=1S/C29H31ClF3N3O4S/c1-3-4-17-34-28(38)21(2)35(19-22-13-15-24(30)16-14-22)27(37)20-36(41(39,40)26-11-6-5-7-12-26)25-10-8-9-23(18-25)29(31,32)33/h5-16,18,21H,3-4,17,19-20H2,1-2H3,(H,34,38)/t21-/m1/s1. The molecule has 0 saturated heterocycles. The normalized spacial score (nSPS) is 12.4. The molecule has 3 aromatic rings. The summed E-state index contributed by atoms with van der Waals surface area (Å²) in [5.41, 5.74) is -0.798. The lowest BCUT2D eigenvalue weighted by Crippen LogP contribution is -2.51. The minimum absolute atomic E-state index is 0.0693. The Hall–Kier alpha value is -3.57. The number of anilines is 1. The number of unbranched alkanes of at least 4 members (excludes halogenated alkanes) is 1. The van der Waals surface area contributed by atoms with Gasteiger partial charge in [0.05, 0.1) is 16.1 Å². The van der Waals surface area contributed by atoms with Crippen molar-refractivity contribution >= 4 is 39.1 Å². The lowest BCUT2D eigenvalue weighted by atomic mass is 10.1. The second-order valence-electron chi connectivity index (χ2n) is 9.34. The van der Waals surface area contributed by atoms with E-state index in [1.807, 2.05) is 6.92 Å². The highest BCUT2D eigenvalue weighted by Crippen LogP contribution is 2.33. The molecule has 12 heteroatoms. The average molecular weight is 610 g/mol. The fourth-order valence-electron chi connectivity index (χ4n) is 3.99. The van der Waals surface area contributed by atoms with E-state index >= 15 is 0 Å². The van der Waals surface area contributed by atoms with E-state index in [1.54, 1.807) is 30.3 Å².